The lowest BCUT2D eigenvalue weighted by Gasteiger charge is -2.40. The second-order valence-corrected chi connectivity index (χ2v) is 7.87. The number of piperidine rings is 1. The van der Waals surface area contributed by atoms with Crippen LogP contribution in [-0.4, -0.2) is 64.4 Å². The van der Waals surface area contributed by atoms with Gasteiger partial charge in [0.2, 0.25) is 0 Å². The molecule has 1 fully saturated rings. The van der Waals surface area contributed by atoms with Crippen molar-refractivity contribution in [2.24, 2.45) is 10.9 Å². The van der Waals surface area contributed by atoms with Crippen LogP contribution in [0.3, 0.4) is 0 Å². The third-order valence-electron chi connectivity index (χ3n) is 5.45. The predicted octanol–water partition coefficient (Wildman–Crippen LogP) is 3.29. The van der Waals surface area contributed by atoms with Gasteiger partial charge in [-0.1, -0.05) is 12.1 Å². The minimum absolute atomic E-state index is 0. The zero-order valence-corrected chi connectivity index (χ0v) is 20.4. The summed E-state index contributed by atoms with van der Waals surface area (Å²) < 4.78 is 10.8. The van der Waals surface area contributed by atoms with Crippen molar-refractivity contribution in [2.75, 3.05) is 47.9 Å². The maximum Gasteiger partial charge on any atom is 0.191 e. The minimum atomic E-state index is -0.228. The fourth-order valence-corrected chi connectivity index (χ4v) is 3.62. The molecule has 2 unspecified atom stereocenters. The van der Waals surface area contributed by atoms with Crippen molar-refractivity contribution in [1.29, 1.82) is 0 Å². The molecule has 6 nitrogen and oxygen atoms in total. The third-order valence-corrected chi connectivity index (χ3v) is 5.45. The number of hydrogen-bond acceptors (Lipinski definition) is 4. The summed E-state index contributed by atoms with van der Waals surface area (Å²) in [7, 11) is 7.46. The summed E-state index contributed by atoms with van der Waals surface area (Å²) in [5, 5.41) is 6.88. The summed E-state index contributed by atoms with van der Waals surface area (Å²) in [6.07, 6.45) is 2.42. The SMILES string of the molecule is CN=C(NCC1CCCN(C)C1c1ccc(OC)cc1)NCC(C)(C)OC.I. The standard InChI is InChI=1S/C21H36N4O2.HI/c1-21(2,27-6)15-24-20(22-3)23-14-17-8-7-13-25(4)19(17)16-9-11-18(26-5)12-10-16;/h9-12,17,19H,7-8,13-15H2,1-6H3,(H2,22,23,24);1H. The number of ether oxygens (including phenoxy) is 2. The molecular weight excluding hydrogens is 467 g/mol. The molecule has 0 aliphatic carbocycles. The average molecular weight is 504 g/mol. The van der Waals surface area contributed by atoms with E-state index in [2.05, 4.69) is 65.7 Å². The van der Waals surface area contributed by atoms with Crippen LogP contribution in [0.25, 0.3) is 0 Å². The lowest BCUT2D eigenvalue weighted by molar-refractivity contribution is 0.0268. The molecule has 0 radical (unpaired) electrons. The predicted molar refractivity (Wildman–Crippen MR) is 127 cm³/mol. The molecule has 2 N–H and O–H groups in total. The molecule has 0 bridgehead atoms. The van der Waals surface area contributed by atoms with E-state index in [0.717, 1.165) is 24.8 Å². The van der Waals surface area contributed by atoms with Crippen molar-refractivity contribution in [3.05, 3.63) is 29.8 Å². The van der Waals surface area contributed by atoms with Crippen molar-refractivity contribution in [1.82, 2.24) is 15.5 Å². The van der Waals surface area contributed by atoms with Gasteiger partial charge in [-0.3, -0.25) is 9.89 Å². The van der Waals surface area contributed by atoms with Gasteiger partial charge in [0, 0.05) is 33.3 Å². The molecule has 1 saturated heterocycles. The summed E-state index contributed by atoms with van der Waals surface area (Å²) in [5.41, 5.74) is 1.11. The van der Waals surface area contributed by atoms with Crippen LogP contribution >= 0.6 is 24.0 Å². The highest BCUT2D eigenvalue weighted by Crippen LogP contribution is 2.35. The summed E-state index contributed by atoms with van der Waals surface area (Å²) in [6.45, 7) is 6.83. The van der Waals surface area contributed by atoms with Crippen molar-refractivity contribution in [3.8, 4) is 5.75 Å². The lowest BCUT2D eigenvalue weighted by Crippen LogP contribution is -2.48. The number of hydrogen-bond donors (Lipinski definition) is 2. The van der Waals surface area contributed by atoms with E-state index in [1.165, 1.54) is 18.4 Å². The smallest absolute Gasteiger partial charge is 0.191 e. The first kappa shape index (κ1) is 25.0. The van der Waals surface area contributed by atoms with E-state index in [4.69, 9.17) is 9.47 Å². The molecule has 160 valence electrons. The zero-order valence-electron chi connectivity index (χ0n) is 18.1. The molecule has 0 aromatic heterocycles. The Bertz CT molecular complexity index is 607. The molecule has 1 aromatic carbocycles. The molecular formula is C21H37IN4O2. The topological polar surface area (TPSA) is 58.1 Å². The van der Waals surface area contributed by atoms with Crippen molar-refractivity contribution < 1.29 is 9.47 Å². The second-order valence-electron chi connectivity index (χ2n) is 7.87. The number of guanidine groups is 1. The van der Waals surface area contributed by atoms with Crippen molar-refractivity contribution in [2.45, 2.75) is 38.3 Å². The fourth-order valence-electron chi connectivity index (χ4n) is 3.62. The van der Waals surface area contributed by atoms with Crippen LogP contribution in [0.1, 0.15) is 38.3 Å². The van der Waals surface area contributed by atoms with Gasteiger partial charge in [-0.25, -0.2) is 0 Å². The normalized spacial score (nSPS) is 21.0. The largest absolute Gasteiger partial charge is 0.497 e. The number of nitrogens with zero attached hydrogens (tertiary/aromatic N) is 2. The molecule has 28 heavy (non-hydrogen) atoms. The average Bonchev–Trinajstić information content (AvgIpc) is 2.68. The van der Waals surface area contributed by atoms with Crippen molar-refractivity contribution >= 4 is 29.9 Å². The van der Waals surface area contributed by atoms with Crippen LogP contribution < -0.4 is 15.4 Å². The molecule has 0 spiro atoms. The van der Waals surface area contributed by atoms with Gasteiger partial charge in [0.05, 0.1) is 12.7 Å². The van der Waals surface area contributed by atoms with Crippen LogP contribution in [-0.2, 0) is 4.74 Å². The maximum absolute atomic E-state index is 5.47. The molecule has 0 saturated carbocycles. The second kappa shape index (κ2) is 11.8. The van der Waals surface area contributed by atoms with Crippen LogP contribution in [0.5, 0.6) is 5.75 Å². The third kappa shape index (κ3) is 7.08. The Morgan fingerprint density at radius 3 is 2.46 bits per heavy atom. The zero-order chi connectivity index (χ0) is 19.9. The van der Waals surface area contributed by atoms with E-state index >= 15 is 0 Å². The van der Waals surface area contributed by atoms with Gasteiger partial charge in [-0.05, 0) is 63.9 Å². The van der Waals surface area contributed by atoms with Gasteiger partial charge in [0.1, 0.15) is 5.75 Å². The van der Waals surface area contributed by atoms with Gasteiger partial charge >= 0.3 is 0 Å². The number of nitrogens with one attached hydrogen (secondary N) is 2. The summed E-state index contributed by atoms with van der Waals surface area (Å²) in [5.74, 6) is 2.24. The van der Waals surface area contributed by atoms with Gasteiger partial charge < -0.3 is 20.1 Å². The van der Waals surface area contributed by atoms with Crippen LogP contribution in [0.2, 0.25) is 0 Å². The Morgan fingerprint density at radius 2 is 1.89 bits per heavy atom. The molecule has 1 heterocycles. The van der Waals surface area contributed by atoms with E-state index in [1.807, 2.05) is 7.05 Å². The van der Waals surface area contributed by atoms with E-state index in [1.54, 1.807) is 14.2 Å². The first-order valence-electron chi connectivity index (χ1n) is 9.74. The number of halogens is 1. The molecule has 7 heteroatoms. The Balaban J connectivity index is 0.00000392. The Labute approximate surface area is 187 Å². The highest BCUT2D eigenvalue weighted by molar-refractivity contribution is 14.0. The first-order valence-corrected chi connectivity index (χ1v) is 9.74. The highest BCUT2D eigenvalue weighted by atomic mass is 127. The number of aliphatic imine (C=N–C) groups is 1. The molecule has 1 aromatic rings. The Morgan fingerprint density at radius 1 is 1.21 bits per heavy atom. The Hall–Kier alpha value is -1.06. The monoisotopic (exact) mass is 504 g/mol. The maximum atomic E-state index is 5.47. The van der Waals surface area contributed by atoms with Gasteiger partial charge in [0.15, 0.2) is 5.96 Å². The molecule has 0 amide bonds. The molecule has 2 rings (SSSR count). The molecule has 1 aliphatic rings. The Kier molecular flexibility index (Phi) is 10.5. The van der Waals surface area contributed by atoms with E-state index in [9.17, 15) is 0 Å². The number of likely N-dealkylation sites (tertiary alicyclic amines) is 1. The first-order chi connectivity index (χ1) is 12.9. The van der Waals surface area contributed by atoms with Gasteiger partial charge in [0.25, 0.3) is 0 Å². The highest BCUT2D eigenvalue weighted by Gasteiger charge is 2.30. The summed E-state index contributed by atoms with van der Waals surface area (Å²) in [6, 6.07) is 8.87. The minimum Gasteiger partial charge on any atom is -0.497 e. The van der Waals surface area contributed by atoms with E-state index in [0.29, 0.717) is 18.5 Å². The van der Waals surface area contributed by atoms with Crippen LogP contribution in [0.15, 0.2) is 29.3 Å². The number of methoxy groups -OCH3 is 2. The fraction of sp³-hybridized carbons (Fsp3) is 0.667. The summed E-state index contributed by atoms with van der Waals surface area (Å²) >= 11 is 0. The van der Waals surface area contributed by atoms with Crippen LogP contribution in [0.4, 0.5) is 0 Å². The van der Waals surface area contributed by atoms with Gasteiger partial charge in [-0.2, -0.15) is 0 Å². The van der Waals surface area contributed by atoms with Crippen molar-refractivity contribution in [3.63, 3.8) is 0 Å². The summed E-state index contributed by atoms with van der Waals surface area (Å²) in [4.78, 5) is 6.82. The number of benzene rings is 1. The van der Waals surface area contributed by atoms with E-state index in [-0.39, 0.29) is 29.6 Å². The number of rotatable bonds is 7. The quantitative estimate of drug-likeness (QED) is 0.339. The van der Waals surface area contributed by atoms with Gasteiger partial charge in [-0.15, -0.1) is 24.0 Å². The van der Waals surface area contributed by atoms with E-state index < -0.39 is 0 Å². The molecule has 2 atom stereocenters. The molecule has 1 aliphatic heterocycles. The van der Waals surface area contributed by atoms with Crippen LogP contribution in [0, 0.1) is 5.92 Å². The lowest BCUT2D eigenvalue weighted by atomic mass is 9.85.